The summed E-state index contributed by atoms with van der Waals surface area (Å²) in [5.41, 5.74) is 1.21. The van der Waals surface area contributed by atoms with E-state index in [1.807, 2.05) is 19.1 Å². The molecule has 5 nitrogen and oxygen atoms in total. The summed E-state index contributed by atoms with van der Waals surface area (Å²) in [6.45, 7) is 2.39. The average molecular weight is 333 g/mol. The van der Waals surface area contributed by atoms with Crippen LogP contribution in [0, 0.1) is 6.92 Å². The van der Waals surface area contributed by atoms with Gasteiger partial charge in [-0.05, 0) is 37.3 Å². The predicted molar refractivity (Wildman–Crippen MR) is 86.6 cm³/mol. The average Bonchev–Trinajstić information content (AvgIpc) is 3.15. The van der Waals surface area contributed by atoms with E-state index in [4.69, 9.17) is 11.6 Å². The third kappa shape index (κ3) is 3.35. The quantitative estimate of drug-likeness (QED) is 0.798. The molecule has 0 saturated carbocycles. The van der Waals surface area contributed by atoms with Crippen molar-refractivity contribution in [2.45, 2.75) is 13.5 Å². The third-order valence-electron chi connectivity index (χ3n) is 2.98. The molecule has 3 rings (SSSR count). The van der Waals surface area contributed by atoms with E-state index >= 15 is 0 Å². The highest BCUT2D eigenvalue weighted by Gasteiger charge is 2.10. The Kier molecular flexibility index (Phi) is 4.22. The standard InChI is InChI=1S/C15H13ClN4OS/c1-10-8-17-14(22-10)9-18-15(21)13-6-7-20(19-13)12-4-2-11(16)3-5-12/h2-8H,9H2,1H3,(H,18,21). The van der Waals surface area contributed by atoms with Gasteiger partial charge in [-0.1, -0.05) is 11.6 Å². The highest BCUT2D eigenvalue weighted by Crippen LogP contribution is 2.13. The van der Waals surface area contributed by atoms with Crippen LogP contribution < -0.4 is 5.32 Å². The number of halogens is 1. The number of rotatable bonds is 4. The lowest BCUT2D eigenvalue weighted by Gasteiger charge is -2.02. The van der Waals surface area contributed by atoms with Crippen molar-refractivity contribution < 1.29 is 4.79 Å². The molecule has 112 valence electrons. The maximum atomic E-state index is 12.1. The van der Waals surface area contributed by atoms with E-state index in [1.165, 1.54) is 0 Å². The van der Waals surface area contributed by atoms with Crippen LogP contribution in [0.1, 0.15) is 20.4 Å². The number of carbonyl (C=O) groups excluding carboxylic acids is 1. The number of carbonyl (C=O) groups is 1. The number of nitrogens with one attached hydrogen (secondary N) is 1. The second-order valence-electron chi connectivity index (χ2n) is 4.67. The van der Waals surface area contributed by atoms with E-state index in [0.29, 0.717) is 17.3 Å². The summed E-state index contributed by atoms with van der Waals surface area (Å²) in [4.78, 5) is 17.4. The van der Waals surface area contributed by atoms with Crippen molar-refractivity contribution in [1.82, 2.24) is 20.1 Å². The fourth-order valence-corrected chi connectivity index (χ4v) is 2.77. The van der Waals surface area contributed by atoms with E-state index in [2.05, 4.69) is 15.4 Å². The molecule has 1 amide bonds. The highest BCUT2D eigenvalue weighted by atomic mass is 35.5. The van der Waals surface area contributed by atoms with Gasteiger partial charge >= 0.3 is 0 Å². The fourth-order valence-electron chi connectivity index (χ4n) is 1.91. The molecule has 0 unspecified atom stereocenters. The van der Waals surface area contributed by atoms with Gasteiger partial charge in [0.25, 0.3) is 5.91 Å². The summed E-state index contributed by atoms with van der Waals surface area (Å²) in [6.07, 6.45) is 3.53. The summed E-state index contributed by atoms with van der Waals surface area (Å²) in [7, 11) is 0. The highest BCUT2D eigenvalue weighted by molar-refractivity contribution is 7.11. The first-order chi connectivity index (χ1) is 10.6. The first-order valence-electron chi connectivity index (χ1n) is 6.63. The first-order valence-corrected chi connectivity index (χ1v) is 7.82. The van der Waals surface area contributed by atoms with Crippen molar-refractivity contribution in [3.05, 3.63) is 63.3 Å². The maximum Gasteiger partial charge on any atom is 0.272 e. The largest absolute Gasteiger partial charge is 0.344 e. The molecule has 0 aliphatic carbocycles. The number of amides is 1. The van der Waals surface area contributed by atoms with Gasteiger partial charge in [-0.25, -0.2) is 9.67 Å². The Morgan fingerprint density at radius 2 is 2.09 bits per heavy atom. The molecule has 0 fully saturated rings. The number of hydrogen-bond donors (Lipinski definition) is 1. The van der Waals surface area contributed by atoms with Crippen molar-refractivity contribution in [2.24, 2.45) is 0 Å². The smallest absolute Gasteiger partial charge is 0.272 e. The summed E-state index contributed by atoms with van der Waals surface area (Å²) < 4.78 is 1.64. The Morgan fingerprint density at radius 3 is 2.77 bits per heavy atom. The minimum Gasteiger partial charge on any atom is -0.344 e. The monoisotopic (exact) mass is 332 g/mol. The van der Waals surface area contributed by atoms with Gasteiger partial charge in [-0.2, -0.15) is 5.10 Å². The lowest BCUT2D eigenvalue weighted by molar-refractivity contribution is 0.0945. The minimum atomic E-state index is -0.222. The number of hydrogen-bond acceptors (Lipinski definition) is 4. The molecule has 0 radical (unpaired) electrons. The second-order valence-corrected chi connectivity index (χ2v) is 6.43. The van der Waals surface area contributed by atoms with Crippen LogP contribution >= 0.6 is 22.9 Å². The Morgan fingerprint density at radius 1 is 1.32 bits per heavy atom. The van der Waals surface area contributed by atoms with E-state index in [1.54, 1.807) is 46.6 Å². The molecule has 0 bridgehead atoms. The fraction of sp³-hybridized carbons (Fsp3) is 0.133. The van der Waals surface area contributed by atoms with Gasteiger partial charge in [0.15, 0.2) is 5.69 Å². The number of aryl methyl sites for hydroxylation is 1. The zero-order valence-corrected chi connectivity index (χ0v) is 13.4. The SMILES string of the molecule is Cc1cnc(CNC(=O)c2ccn(-c3ccc(Cl)cc3)n2)s1. The molecule has 0 aliphatic heterocycles. The van der Waals surface area contributed by atoms with Gasteiger partial charge in [0.05, 0.1) is 12.2 Å². The van der Waals surface area contributed by atoms with Crippen LogP contribution in [-0.2, 0) is 6.54 Å². The van der Waals surface area contributed by atoms with Gasteiger partial charge in [-0.15, -0.1) is 11.3 Å². The van der Waals surface area contributed by atoms with Gasteiger partial charge in [-0.3, -0.25) is 4.79 Å². The van der Waals surface area contributed by atoms with E-state index in [9.17, 15) is 4.79 Å². The summed E-state index contributed by atoms with van der Waals surface area (Å²) in [5, 5.41) is 8.62. The van der Waals surface area contributed by atoms with Crippen molar-refractivity contribution in [2.75, 3.05) is 0 Å². The molecule has 3 aromatic rings. The van der Waals surface area contributed by atoms with Crippen LogP contribution in [0.25, 0.3) is 5.69 Å². The Labute approximate surface area is 136 Å². The van der Waals surface area contributed by atoms with Crippen LogP contribution in [0.3, 0.4) is 0 Å². The van der Waals surface area contributed by atoms with Gasteiger partial charge in [0.1, 0.15) is 5.01 Å². The minimum absolute atomic E-state index is 0.222. The first kappa shape index (κ1) is 14.7. The lowest BCUT2D eigenvalue weighted by atomic mass is 10.3. The summed E-state index contributed by atoms with van der Waals surface area (Å²) in [5.74, 6) is -0.222. The number of aromatic nitrogens is 3. The Balaban J connectivity index is 1.67. The van der Waals surface area contributed by atoms with E-state index in [0.717, 1.165) is 15.6 Å². The molecule has 2 aromatic heterocycles. The zero-order valence-electron chi connectivity index (χ0n) is 11.8. The van der Waals surface area contributed by atoms with Crippen molar-refractivity contribution in [1.29, 1.82) is 0 Å². The molecule has 1 N–H and O–H groups in total. The predicted octanol–water partition coefficient (Wildman–Crippen LogP) is 3.22. The number of thiazole rings is 1. The Bertz CT molecular complexity index is 794. The lowest BCUT2D eigenvalue weighted by Crippen LogP contribution is -2.23. The second kappa shape index (κ2) is 6.29. The molecule has 7 heteroatoms. The van der Waals surface area contributed by atoms with Gasteiger partial charge in [0, 0.05) is 22.3 Å². The number of benzene rings is 1. The molecule has 22 heavy (non-hydrogen) atoms. The Hall–Kier alpha value is -2.18. The molecule has 1 aromatic carbocycles. The van der Waals surface area contributed by atoms with E-state index < -0.39 is 0 Å². The summed E-state index contributed by atoms with van der Waals surface area (Å²) >= 11 is 7.42. The molecule has 0 saturated heterocycles. The van der Waals surface area contributed by atoms with Crippen LogP contribution in [0.15, 0.2) is 42.7 Å². The molecular formula is C15H13ClN4OS. The molecule has 0 spiro atoms. The molecule has 0 aliphatic rings. The third-order valence-corrected chi connectivity index (χ3v) is 4.15. The summed E-state index contributed by atoms with van der Waals surface area (Å²) in [6, 6.07) is 8.92. The van der Waals surface area contributed by atoms with Crippen molar-refractivity contribution in [3.8, 4) is 5.69 Å². The van der Waals surface area contributed by atoms with Crippen molar-refractivity contribution >= 4 is 28.8 Å². The zero-order chi connectivity index (χ0) is 15.5. The van der Waals surface area contributed by atoms with Crippen LogP contribution in [-0.4, -0.2) is 20.7 Å². The van der Waals surface area contributed by atoms with Gasteiger partial charge in [0.2, 0.25) is 0 Å². The van der Waals surface area contributed by atoms with Crippen LogP contribution in [0.5, 0.6) is 0 Å². The normalized spacial score (nSPS) is 10.6. The number of nitrogens with zero attached hydrogens (tertiary/aromatic N) is 3. The molecule has 2 heterocycles. The van der Waals surface area contributed by atoms with Gasteiger partial charge < -0.3 is 5.32 Å². The van der Waals surface area contributed by atoms with Crippen LogP contribution in [0.4, 0.5) is 0 Å². The van der Waals surface area contributed by atoms with Crippen LogP contribution in [0.2, 0.25) is 5.02 Å². The molecular weight excluding hydrogens is 320 g/mol. The topological polar surface area (TPSA) is 59.8 Å². The van der Waals surface area contributed by atoms with Crippen molar-refractivity contribution in [3.63, 3.8) is 0 Å². The maximum absolute atomic E-state index is 12.1. The molecule has 0 atom stereocenters. The van der Waals surface area contributed by atoms with E-state index in [-0.39, 0.29) is 5.91 Å².